The van der Waals surface area contributed by atoms with Crippen LogP contribution in [0, 0.1) is 5.92 Å². The van der Waals surface area contributed by atoms with Gasteiger partial charge < -0.3 is 39.6 Å². The van der Waals surface area contributed by atoms with E-state index < -0.39 is 0 Å². The van der Waals surface area contributed by atoms with Crippen LogP contribution >= 0.6 is 0 Å². The van der Waals surface area contributed by atoms with Gasteiger partial charge in [-0.25, -0.2) is 4.98 Å². The van der Waals surface area contributed by atoms with E-state index >= 15 is 0 Å². The fourth-order valence-corrected chi connectivity index (χ4v) is 5.60. The topological polar surface area (TPSA) is 136 Å². The quantitative estimate of drug-likeness (QED) is 0.422. The number of rotatable bonds is 3. The van der Waals surface area contributed by atoms with Gasteiger partial charge in [-0.3, -0.25) is 14.4 Å². The lowest BCUT2D eigenvalue weighted by Crippen LogP contribution is -2.55. The Bertz CT molecular complexity index is 1490. The van der Waals surface area contributed by atoms with Gasteiger partial charge >= 0.3 is 0 Å². The van der Waals surface area contributed by atoms with E-state index in [4.69, 9.17) is 14.2 Å². The van der Waals surface area contributed by atoms with E-state index in [9.17, 15) is 14.4 Å². The van der Waals surface area contributed by atoms with Gasteiger partial charge in [0.05, 0.1) is 30.3 Å². The van der Waals surface area contributed by atoms with Gasteiger partial charge in [-0.1, -0.05) is 0 Å². The van der Waals surface area contributed by atoms with Gasteiger partial charge in [-0.15, -0.1) is 0 Å². The third-order valence-electron chi connectivity index (χ3n) is 7.76. The molecule has 0 spiro atoms. The number of aromatic nitrogens is 2. The Morgan fingerprint density at radius 2 is 1.88 bits per heavy atom. The molecule has 0 radical (unpaired) electrons. The highest BCUT2D eigenvalue weighted by molar-refractivity contribution is 5.94. The van der Waals surface area contributed by atoms with Crippen LogP contribution in [-0.2, 0) is 27.4 Å². The van der Waals surface area contributed by atoms with Crippen LogP contribution in [0.5, 0.6) is 11.5 Å². The summed E-state index contributed by atoms with van der Waals surface area (Å²) in [6.45, 7) is 4.43. The van der Waals surface area contributed by atoms with Gasteiger partial charge in [0.25, 0.3) is 11.5 Å². The highest BCUT2D eigenvalue weighted by atomic mass is 16.5. The predicted octanol–water partition coefficient (Wildman–Crippen LogP) is 0.733. The molecule has 0 saturated carbocycles. The molecule has 3 N–H and O–H groups in total. The van der Waals surface area contributed by atoms with Crippen molar-refractivity contribution in [1.82, 2.24) is 25.1 Å². The molecule has 12 heteroatoms. The minimum absolute atomic E-state index is 0.0172. The van der Waals surface area contributed by atoms with E-state index in [1.807, 2.05) is 30.3 Å². The van der Waals surface area contributed by atoms with Crippen molar-refractivity contribution in [3.05, 3.63) is 58.5 Å². The number of carbonyl (C=O) groups excluding carboxylic acids is 2. The number of benzene rings is 1. The second-order valence-corrected chi connectivity index (χ2v) is 10.5. The molecule has 41 heavy (non-hydrogen) atoms. The number of hydrogen-bond acceptors (Lipinski definition) is 9. The number of carbonyl (C=O) groups is 2. The molecule has 4 bridgehead atoms. The summed E-state index contributed by atoms with van der Waals surface area (Å²) in [5.41, 5.74) is 1.50. The maximum Gasteiger partial charge on any atom is 0.263 e. The smallest absolute Gasteiger partial charge is 0.263 e. The molecule has 3 aromatic rings. The van der Waals surface area contributed by atoms with Gasteiger partial charge in [0.15, 0.2) is 18.2 Å². The molecule has 1 saturated heterocycles. The van der Waals surface area contributed by atoms with Gasteiger partial charge in [-0.2, -0.15) is 0 Å². The third-order valence-corrected chi connectivity index (χ3v) is 7.76. The highest BCUT2D eigenvalue weighted by Crippen LogP contribution is 2.26. The molecule has 1 fully saturated rings. The Labute approximate surface area is 237 Å². The van der Waals surface area contributed by atoms with E-state index in [1.54, 1.807) is 16.7 Å². The molecule has 3 atom stereocenters. The number of anilines is 1. The van der Waals surface area contributed by atoms with Crippen molar-refractivity contribution in [3.63, 3.8) is 0 Å². The fourth-order valence-electron chi connectivity index (χ4n) is 5.60. The van der Waals surface area contributed by atoms with E-state index in [0.29, 0.717) is 69.9 Å². The molecule has 6 rings (SSSR count). The zero-order chi connectivity index (χ0) is 28.2. The van der Waals surface area contributed by atoms with Crippen LogP contribution in [0.2, 0.25) is 0 Å². The second-order valence-electron chi connectivity index (χ2n) is 10.5. The van der Waals surface area contributed by atoms with Crippen LogP contribution in [0.15, 0.2) is 47.3 Å². The summed E-state index contributed by atoms with van der Waals surface area (Å²) in [5, 5.41) is 10.3. The van der Waals surface area contributed by atoms with Crippen molar-refractivity contribution in [3.8, 4) is 11.5 Å². The lowest BCUT2D eigenvalue weighted by Gasteiger charge is -2.38. The van der Waals surface area contributed by atoms with Crippen LogP contribution in [0.3, 0.4) is 0 Å². The highest BCUT2D eigenvalue weighted by Gasteiger charge is 2.34. The minimum atomic E-state index is -0.306. The van der Waals surface area contributed by atoms with E-state index in [-0.39, 0.29) is 35.9 Å². The number of pyridine rings is 2. The fraction of sp³-hybridized carbons (Fsp3) is 0.448. The summed E-state index contributed by atoms with van der Waals surface area (Å²) in [4.78, 5) is 44.7. The number of fused-ring (bicyclic) bond motifs is 4. The number of nitrogens with zero attached hydrogens (tertiary/aromatic N) is 3. The third kappa shape index (κ3) is 6.34. The minimum Gasteiger partial charge on any atom is -0.491 e. The molecule has 1 unspecified atom stereocenters. The molecular formula is C29H34N6O6. The maximum absolute atomic E-state index is 13.4. The second kappa shape index (κ2) is 12.2. The van der Waals surface area contributed by atoms with Crippen LogP contribution < -0.4 is 31.0 Å². The molecule has 2 amide bonds. The first-order chi connectivity index (χ1) is 20.0. The molecule has 0 aliphatic carbocycles. The average molecular weight is 563 g/mol. The number of ether oxygens (including phenoxy) is 3. The zero-order valence-electron chi connectivity index (χ0n) is 22.8. The van der Waals surface area contributed by atoms with Crippen molar-refractivity contribution in [1.29, 1.82) is 0 Å². The summed E-state index contributed by atoms with van der Waals surface area (Å²) in [5.74, 6) is 1.07. The summed E-state index contributed by atoms with van der Waals surface area (Å²) in [6.07, 6.45) is 0.752. The first-order valence-electron chi connectivity index (χ1n) is 14.0. The number of nitrogens with one attached hydrogen (secondary N) is 3. The van der Waals surface area contributed by atoms with Crippen LogP contribution in [-0.4, -0.2) is 84.9 Å². The van der Waals surface area contributed by atoms with Crippen molar-refractivity contribution in [2.24, 2.45) is 5.92 Å². The number of piperidine rings is 1. The SMILES string of the molecule is O=C1COc2ccc(CN[C@@H]3CCN4CCn5c(=O)ccc6ccc(cc65)OCCOCCNC(=O)[C@H]3C4)nc2N1. The summed E-state index contributed by atoms with van der Waals surface area (Å²) < 4.78 is 18.7. The van der Waals surface area contributed by atoms with E-state index in [1.165, 1.54) is 0 Å². The van der Waals surface area contributed by atoms with Crippen molar-refractivity contribution in [2.45, 2.75) is 25.6 Å². The number of hydrogen-bond donors (Lipinski definition) is 3. The maximum atomic E-state index is 13.4. The summed E-state index contributed by atoms with van der Waals surface area (Å²) in [6, 6.07) is 12.8. The summed E-state index contributed by atoms with van der Waals surface area (Å²) >= 11 is 0. The normalized spacial score (nSPS) is 23.5. The molecule has 2 aromatic heterocycles. The number of amides is 2. The molecule has 216 valence electrons. The van der Waals surface area contributed by atoms with Crippen molar-refractivity contribution >= 4 is 28.5 Å². The Morgan fingerprint density at radius 3 is 2.80 bits per heavy atom. The van der Waals surface area contributed by atoms with E-state index in [2.05, 4.69) is 25.8 Å². The van der Waals surface area contributed by atoms with Crippen LogP contribution in [0.4, 0.5) is 5.82 Å². The molecule has 3 aliphatic rings. The van der Waals surface area contributed by atoms with E-state index in [0.717, 1.165) is 29.6 Å². The molecule has 1 aromatic carbocycles. The largest absolute Gasteiger partial charge is 0.491 e. The Kier molecular flexibility index (Phi) is 8.12. The Hall–Kier alpha value is -4.00. The zero-order valence-corrected chi connectivity index (χ0v) is 22.8. The summed E-state index contributed by atoms with van der Waals surface area (Å²) in [7, 11) is 0. The average Bonchev–Trinajstić information content (AvgIpc) is 2.98. The predicted molar refractivity (Wildman–Crippen MR) is 151 cm³/mol. The van der Waals surface area contributed by atoms with Crippen LogP contribution in [0.25, 0.3) is 10.9 Å². The monoisotopic (exact) mass is 562 g/mol. The Morgan fingerprint density at radius 1 is 0.976 bits per heavy atom. The van der Waals surface area contributed by atoms with Crippen LogP contribution in [0.1, 0.15) is 12.1 Å². The van der Waals surface area contributed by atoms with Gasteiger partial charge in [-0.05, 0) is 48.7 Å². The van der Waals surface area contributed by atoms with Gasteiger partial charge in [0.2, 0.25) is 5.91 Å². The first-order valence-corrected chi connectivity index (χ1v) is 14.0. The lowest BCUT2D eigenvalue weighted by molar-refractivity contribution is -0.128. The first kappa shape index (κ1) is 27.2. The standard InChI is InChI=1S/C29H34N6O6/c36-26-18-41-25-5-3-20(32-28(25)33-26)16-31-23-7-9-34-10-11-35-24-15-21(4-1-19(24)2-6-27(35)37)40-14-13-39-12-8-30-29(38)22(23)17-34/h1-6,15,22-23,31H,7-14,16-18H2,(H,30,38)(H,32,33,36)/t22-,23+/m0/s1. The van der Waals surface area contributed by atoms with Crippen molar-refractivity contribution in [2.75, 3.05) is 57.9 Å². The molecular weight excluding hydrogens is 528 g/mol. The molecule has 12 nitrogen and oxygen atoms in total. The van der Waals surface area contributed by atoms with Crippen molar-refractivity contribution < 1.29 is 23.8 Å². The molecule has 3 aliphatic heterocycles. The lowest BCUT2D eigenvalue weighted by atomic mass is 9.91. The van der Waals surface area contributed by atoms with Gasteiger partial charge in [0.1, 0.15) is 12.4 Å². The Balaban J connectivity index is 1.18. The molecule has 5 heterocycles. The van der Waals surface area contributed by atoms with Gasteiger partial charge in [0, 0.05) is 50.9 Å².